The maximum absolute atomic E-state index is 13.0. The van der Waals surface area contributed by atoms with Gasteiger partial charge in [-0.05, 0) is 43.0 Å². The summed E-state index contributed by atoms with van der Waals surface area (Å²) in [5.41, 5.74) is 5.18. The molecule has 33 heavy (non-hydrogen) atoms. The second kappa shape index (κ2) is 9.20. The van der Waals surface area contributed by atoms with Gasteiger partial charge in [-0.25, -0.2) is 0 Å². The number of amides is 1. The van der Waals surface area contributed by atoms with Crippen molar-refractivity contribution < 1.29 is 9.53 Å². The fourth-order valence-corrected chi connectivity index (χ4v) is 5.14. The van der Waals surface area contributed by atoms with Crippen LogP contribution in [-0.2, 0) is 25.9 Å². The monoisotopic (exact) mass is 464 g/mol. The van der Waals surface area contributed by atoms with Crippen molar-refractivity contribution in [2.75, 3.05) is 27.2 Å². The molecule has 1 atom stereocenters. The molecule has 2 heterocycles. The van der Waals surface area contributed by atoms with Crippen LogP contribution >= 0.6 is 11.6 Å². The second-order valence-corrected chi connectivity index (χ2v) is 9.52. The molecule has 1 aliphatic heterocycles. The van der Waals surface area contributed by atoms with E-state index in [1.54, 1.807) is 19.0 Å². The molecular formula is C26H29ClN4O2. The molecule has 0 saturated heterocycles. The Kier molecular flexibility index (Phi) is 6.13. The van der Waals surface area contributed by atoms with Crippen LogP contribution in [0.4, 0.5) is 0 Å². The van der Waals surface area contributed by atoms with E-state index in [0.29, 0.717) is 24.9 Å². The van der Waals surface area contributed by atoms with E-state index in [-0.39, 0.29) is 5.91 Å². The summed E-state index contributed by atoms with van der Waals surface area (Å²) in [6.07, 6.45) is 2.74. The van der Waals surface area contributed by atoms with E-state index in [1.165, 1.54) is 11.3 Å². The molecule has 1 aromatic heterocycles. The van der Waals surface area contributed by atoms with Gasteiger partial charge in [0.1, 0.15) is 12.4 Å². The maximum Gasteiger partial charge on any atom is 0.274 e. The largest absolute Gasteiger partial charge is 0.492 e. The molecule has 5 rings (SSSR count). The molecular weight excluding hydrogens is 436 g/mol. The molecule has 0 spiro atoms. The molecule has 0 fully saturated rings. The van der Waals surface area contributed by atoms with Gasteiger partial charge in [-0.15, -0.1) is 0 Å². The van der Waals surface area contributed by atoms with Crippen molar-refractivity contribution in [1.82, 2.24) is 19.6 Å². The molecule has 0 N–H and O–H groups in total. The summed E-state index contributed by atoms with van der Waals surface area (Å²) in [5, 5.41) is 5.55. The first-order valence-corrected chi connectivity index (χ1v) is 11.9. The number of nitrogens with zero attached hydrogens (tertiary/aromatic N) is 4. The first kappa shape index (κ1) is 22.0. The van der Waals surface area contributed by atoms with Crippen LogP contribution in [0.2, 0.25) is 5.02 Å². The Morgan fingerprint density at radius 3 is 2.82 bits per heavy atom. The Hall–Kier alpha value is -2.83. The van der Waals surface area contributed by atoms with E-state index in [2.05, 4.69) is 17.0 Å². The lowest BCUT2D eigenvalue weighted by molar-refractivity contribution is 0.0818. The average Bonchev–Trinajstić information content (AvgIpc) is 3.02. The minimum Gasteiger partial charge on any atom is -0.492 e. The smallest absolute Gasteiger partial charge is 0.274 e. The molecule has 1 amide bonds. The zero-order valence-electron chi connectivity index (χ0n) is 19.1. The molecule has 0 bridgehead atoms. The van der Waals surface area contributed by atoms with Crippen LogP contribution < -0.4 is 4.74 Å². The highest BCUT2D eigenvalue weighted by atomic mass is 35.5. The quantitative estimate of drug-likeness (QED) is 0.584. The van der Waals surface area contributed by atoms with Crippen LogP contribution in [0.3, 0.4) is 0 Å². The van der Waals surface area contributed by atoms with Crippen LogP contribution in [0.25, 0.3) is 0 Å². The fourth-order valence-electron chi connectivity index (χ4n) is 4.95. The third kappa shape index (κ3) is 4.50. The van der Waals surface area contributed by atoms with Crippen molar-refractivity contribution in [2.45, 2.75) is 38.4 Å². The standard InChI is InChI=1S/C26H29ClN4O2/c1-29(2)26(32)25-22-15-21(30-12-13-33-24-11-8-20(27)14-19(24)17-30)9-10-23(22)31(28-25)16-18-6-4-3-5-7-18/h3-8,11,14,21H,9-10,12-13,15-17H2,1-2H3. The number of carbonyl (C=O) groups excluding carboxylic acids is 1. The summed E-state index contributed by atoms with van der Waals surface area (Å²) >= 11 is 6.26. The van der Waals surface area contributed by atoms with Gasteiger partial charge in [0.25, 0.3) is 5.91 Å². The Balaban J connectivity index is 1.44. The number of fused-ring (bicyclic) bond motifs is 2. The van der Waals surface area contributed by atoms with Crippen LogP contribution in [0.1, 0.15) is 39.3 Å². The van der Waals surface area contributed by atoms with Gasteiger partial charge in [-0.2, -0.15) is 5.10 Å². The predicted octanol–water partition coefficient (Wildman–Crippen LogP) is 4.04. The summed E-state index contributed by atoms with van der Waals surface area (Å²) in [4.78, 5) is 17.1. The number of carbonyl (C=O) groups is 1. The van der Waals surface area contributed by atoms with Gasteiger partial charge in [0, 0.05) is 55.1 Å². The first-order chi connectivity index (χ1) is 16.0. The SMILES string of the molecule is CN(C)C(=O)c1nn(Cc2ccccc2)c2c1CC(N1CCOc3ccc(Cl)cc3C1)CC2. The highest BCUT2D eigenvalue weighted by Crippen LogP contribution is 2.32. The van der Waals surface area contributed by atoms with Gasteiger partial charge >= 0.3 is 0 Å². The van der Waals surface area contributed by atoms with E-state index in [9.17, 15) is 4.79 Å². The normalized spacial score (nSPS) is 18.1. The Bertz CT molecular complexity index is 1160. The molecule has 0 saturated carbocycles. The highest BCUT2D eigenvalue weighted by molar-refractivity contribution is 6.30. The molecule has 6 nitrogen and oxygen atoms in total. The topological polar surface area (TPSA) is 50.6 Å². The molecule has 3 aromatic rings. The summed E-state index contributed by atoms with van der Waals surface area (Å²) in [6.45, 7) is 2.97. The number of hydrogen-bond donors (Lipinski definition) is 0. The molecule has 172 valence electrons. The lowest BCUT2D eigenvalue weighted by Gasteiger charge is -2.33. The number of benzene rings is 2. The summed E-state index contributed by atoms with van der Waals surface area (Å²) in [6, 6.07) is 16.5. The van der Waals surface area contributed by atoms with Crippen LogP contribution in [0.5, 0.6) is 5.75 Å². The summed E-state index contributed by atoms with van der Waals surface area (Å²) in [5.74, 6) is 0.882. The summed E-state index contributed by atoms with van der Waals surface area (Å²) < 4.78 is 8.02. The van der Waals surface area contributed by atoms with Crippen LogP contribution in [0, 0.1) is 0 Å². The van der Waals surface area contributed by atoms with Crippen molar-refractivity contribution in [3.63, 3.8) is 0 Å². The number of aromatic nitrogens is 2. The van der Waals surface area contributed by atoms with E-state index in [4.69, 9.17) is 21.4 Å². The van der Waals surface area contributed by atoms with E-state index in [0.717, 1.165) is 54.3 Å². The van der Waals surface area contributed by atoms with E-state index >= 15 is 0 Å². The molecule has 1 aliphatic carbocycles. The number of hydrogen-bond acceptors (Lipinski definition) is 4. The van der Waals surface area contributed by atoms with Crippen LogP contribution in [-0.4, -0.2) is 58.8 Å². The molecule has 0 radical (unpaired) electrons. The second-order valence-electron chi connectivity index (χ2n) is 9.08. The molecule has 2 aromatic carbocycles. The van der Waals surface area contributed by atoms with Crippen molar-refractivity contribution in [2.24, 2.45) is 0 Å². The van der Waals surface area contributed by atoms with Gasteiger partial charge in [0.2, 0.25) is 0 Å². The average molecular weight is 465 g/mol. The minimum absolute atomic E-state index is 0.0324. The van der Waals surface area contributed by atoms with Crippen molar-refractivity contribution >= 4 is 17.5 Å². The van der Waals surface area contributed by atoms with E-state index < -0.39 is 0 Å². The highest BCUT2D eigenvalue weighted by Gasteiger charge is 2.33. The molecule has 2 aliphatic rings. The van der Waals surface area contributed by atoms with Gasteiger partial charge in [0.05, 0.1) is 6.54 Å². The Morgan fingerprint density at radius 2 is 2.03 bits per heavy atom. The molecule has 7 heteroatoms. The van der Waals surface area contributed by atoms with Gasteiger partial charge in [0.15, 0.2) is 5.69 Å². The lowest BCUT2D eigenvalue weighted by atomic mass is 9.89. The third-order valence-electron chi connectivity index (χ3n) is 6.65. The van der Waals surface area contributed by atoms with Gasteiger partial charge in [-0.3, -0.25) is 14.4 Å². The maximum atomic E-state index is 13.0. The van der Waals surface area contributed by atoms with E-state index in [1.807, 2.05) is 41.1 Å². The number of ether oxygens (including phenoxy) is 1. The van der Waals surface area contributed by atoms with Gasteiger partial charge < -0.3 is 9.64 Å². The number of rotatable bonds is 4. The van der Waals surface area contributed by atoms with Crippen molar-refractivity contribution in [3.05, 3.63) is 81.6 Å². The zero-order chi connectivity index (χ0) is 22.9. The third-order valence-corrected chi connectivity index (χ3v) is 6.89. The lowest BCUT2D eigenvalue weighted by Crippen LogP contribution is -2.40. The zero-order valence-corrected chi connectivity index (χ0v) is 19.9. The minimum atomic E-state index is -0.0324. The Labute approximate surface area is 199 Å². The molecule has 1 unspecified atom stereocenters. The summed E-state index contributed by atoms with van der Waals surface area (Å²) in [7, 11) is 3.58. The first-order valence-electron chi connectivity index (χ1n) is 11.5. The van der Waals surface area contributed by atoms with Crippen LogP contribution in [0.15, 0.2) is 48.5 Å². The Morgan fingerprint density at radius 1 is 1.21 bits per heavy atom. The van der Waals surface area contributed by atoms with Crippen molar-refractivity contribution in [1.29, 1.82) is 0 Å². The van der Waals surface area contributed by atoms with Crippen molar-refractivity contribution in [3.8, 4) is 5.75 Å². The predicted molar refractivity (Wildman–Crippen MR) is 129 cm³/mol. The van der Waals surface area contributed by atoms with Gasteiger partial charge in [-0.1, -0.05) is 41.9 Å². The number of halogens is 1. The fraction of sp³-hybridized carbons (Fsp3) is 0.385.